The summed E-state index contributed by atoms with van der Waals surface area (Å²) >= 11 is 1.84. The molecule has 1 aliphatic rings. The van der Waals surface area contributed by atoms with Crippen molar-refractivity contribution in [1.82, 2.24) is 0 Å². The summed E-state index contributed by atoms with van der Waals surface area (Å²) < 4.78 is 0. The number of aliphatic hydroxyl groups is 1. The predicted molar refractivity (Wildman–Crippen MR) is 78.8 cm³/mol. The Morgan fingerprint density at radius 3 is 2.39 bits per heavy atom. The van der Waals surface area contributed by atoms with Crippen molar-refractivity contribution in [3.63, 3.8) is 0 Å². The maximum absolute atomic E-state index is 9.44. The maximum Gasteiger partial charge on any atom is 0.0622 e. The van der Waals surface area contributed by atoms with Gasteiger partial charge < -0.3 is 10.8 Å². The van der Waals surface area contributed by atoms with E-state index < -0.39 is 0 Å². The van der Waals surface area contributed by atoms with E-state index in [1.807, 2.05) is 11.8 Å². The van der Waals surface area contributed by atoms with Gasteiger partial charge in [0.2, 0.25) is 0 Å². The molecule has 18 heavy (non-hydrogen) atoms. The standard InChI is InChI=1S/C15H23NOS/c1-11-5-12(2)7-13(6-11)8-18-10-15(16,9-17)14-3-4-14/h5-7,14,17H,3-4,8-10,16H2,1-2H3. The molecule has 1 unspecified atom stereocenters. The second kappa shape index (κ2) is 5.64. The molecule has 0 heterocycles. The molecule has 1 fully saturated rings. The highest BCUT2D eigenvalue weighted by Gasteiger charge is 2.41. The molecule has 1 atom stereocenters. The molecule has 3 N–H and O–H groups in total. The van der Waals surface area contributed by atoms with Crippen molar-refractivity contribution < 1.29 is 5.11 Å². The molecule has 2 rings (SSSR count). The Morgan fingerprint density at radius 2 is 1.89 bits per heavy atom. The van der Waals surface area contributed by atoms with E-state index in [1.54, 1.807) is 0 Å². The molecule has 0 amide bonds. The Hall–Kier alpha value is -0.510. The van der Waals surface area contributed by atoms with Gasteiger partial charge in [-0.25, -0.2) is 0 Å². The van der Waals surface area contributed by atoms with E-state index >= 15 is 0 Å². The zero-order chi connectivity index (χ0) is 13.2. The zero-order valence-corrected chi connectivity index (χ0v) is 12.1. The zero-order valence-electron chi connectivity index (χ0n) is 11.3. The van der Waals surface area contributed by atoms with Crippen molar-refractivity contribution >= 4 is 11.8 Å². The van der Waals surface area contributed by atoms with Gasteiger partial charge in [-0.1, -0.05) is 29.3 Å². The number of benzene rings is 1. The van der Waals surface area contributed by atoms with E-state index in [4.69, 9.17) is 5.73 Å². The number of hydrogen-bond donors (Lipinski definition) is 2. The quantitative estimate of drug-likeness (QED) is 0.831. The molecule has 0 aliphatic heterocycles. The molecule has 0 aromatic heterocycles. The molecule has 1 aliphatic carbocycles. The van der Waals surface area contributed by atoms with Gasteiger partial charge in [0.25, 0.3) is 0 Å². The van der Waals surface area contributed by atoms with Crippen molar-refractivity contribution in [2.45, 2.75) is 38.0 Å². The second-order valence-corrected chi connectivity index (χ2v) is 6.64. The fraction of sp³-hybridized carbons (Fsp3) is 0.600. The summed E-state index contributed by atoms with van der Waals surface area (Å²) in [5, 5.41) is 9.44. The summed E-state index contributed by atoms with van der Waals surface area (Å²) in [7, 11) is 0. The summed E-state index contributed by atoms with van der Waals surface area (Å²) in [4.78, 5) is 0. The molecule has 100 valence electrons. The van der Waals surface area contributed by atoms with Gasteiger partial charge in [0.05, 0.1) is 12.1 Å². The van der Waals surface area contributed by atoms with Crippen LogP contribution in [0.5, 0.6) is 0 Å². The van der Waals surface area contributed by atoms with E-state index in [-0.39, 0.29) is 12.1 Å². The van der Waals surface area contributed by atoms with Crippen molar-refractivity contribution in [3.8, 4) is 0 Å². The summed E-state index contributed by atoms with van der Waals surface area (Å²) in [5.41, 5.74) is 9.88. The van der Waals surface area contributed by atoms with Crippen LogP contribution in [-0.2, 0) is 5.75 Å². The molecular weight excluding hydrogens is 242 g/mol. The van der Waals surface area contributed by atoms with Crippen LogP contribution >= 0.6 is 11.8 Å². The normalized spacial score (nSPS) is 18.7. The van der Waals surface area contributed by atoms with E-state index in [1.165, 1.54) is 29.5 Å². The highest BCUT2D eigenvalue weighted by atomic mass is 32.2. The van der Waals surface area contributed by atoms with E-state index in [2.05, 4.69) is 32.0 Å². The van der Waals surface area contributed by atoms with E-state index in [9.17, 15) is 5.11 Å². The van der Waals surface area contributed by atoms with Gasteiger partial charge in [-0.15, -0.1) is 0 Å². The van der Waals surface area contributed by atoms with Crippen LogP contribution < -0.4 is 5.73 Å². The number of thioether (sulfide) groups is 1. The lowest BCUT2D eigenvalue weighted by atomic mass is 9.99. The minimum atomic E-state index is -0.358. The topological polar surface area (TPSA) is 46.2 Å². The molecule has 0 saturated heterocycles. The Balaban J connectivity index is 1.87. The summed E-state index contributed by atoms with van der Waals surface area (Å²) in [6.45, 7) is 4.37. The first-order chi connectivity index (χ1) is 8.53. The third-order valence-electron chi connectivity index (χ3n) is 3.61. The minimum absolute atomic E-state index is 0.109. The Labute approximate surface area is 114 Å². The molecule has 0 spiro atoms. The molecule has 3 heteroatoms. The Kier molecular flexibility index (Phi) is 4.36. The van der Waals surface area contributed by atoms with Crippen LogP contribution in [0.1, 0.15) is 29.5 Å². The first kappa shape index (κ1) is 13.9. The molecule has 2 nitrogen and oxygen atoms in total. The largest absolute Gasteiger partial charge is 0.394 e. The van der Waals surface area contributed by atoms with Crippen molar-refractivity contribution in [3.05, 3.63) is 34.9 Å². The second-order valence-electron chi connectivity index (χ2n) is 5.65. The van der Waals surface area contributed by atoms with Crippen LogP contribution in [0.15, 0.2) is 18.2 Å². The lowest BCUT2D eigenvalue weighted by Gasteiger charge is -2.26. The predicted octanol–water partition coefficient (Wildman–Crippen LogP) is 2.64. The molecule has 1 aromatic rings. The highest BCUT2D eigenvalue weighted by Crippen LogP contribution is 2.40. The molecule has 0 radical (unpaired) electrons. The van der Waals surface area contributed by atoms with Gasteiger partial charge in [0.1, 0.15) is 0 Å². The number of hydrogen-bond acceptors (Lipinski definition) is 3. The van der Waals surface area contributed by atoms with Gasteiger partial charge >= 0.3 is 0 Å². The molecule has 0 bridgehead atoms. The Bertz CT molecular complexity index is 397. The average molecular weight is 265 g/mol. The smallest absolute Gasteiger partial charge is 0.0622 e. The number of aryl methyl sites for hydroxylation is 2. The summed E-state index contributed by atoms with van der Waals surface area (Å²) in [6.07, 6.45) is 2.36. The molecular formula is C15H23NOS. The number of aliphatic hydroxyl groups excluding tert-OH is 1. The Morgan fingerprint density at radius 1 is 1.28 bits per heavy atom. The number of rotatable bonds is 6. The lowest BCUT2D eigenvalue weighted by Crippen LogP contribution is -2.48. The SMILES string of the molecule is Cc1cc(C)cc(CSCC(N)(CO)C2CC2)c1. The van der Waals surface area contributed by atoms with Crippen LogP contribution in [0.25, 0.3) is 0 Å². The minimum Gasteiger partial charge on any atom is -0.394 e. The van der Waals surface area contributed by atoms with Gasteiger partial charge in [-0.3, -0.25) is 0 Å². The van der Waals surface area contributed by atoms with Crippen LogP contribution in [0, 0.1) is 19.8 Å². The summed E-state index contributed by atoms with van der Waals surface area (Å²) in [5.74, 6) is 2.37. The van der Waals surface area contributed by atoms with Crippen LogP contribution in [-0.4, -0.2) is 23.0 Å². The van der Waals surface area contributed by atoms with Crippen LogP contribution in [0.3, 0.4) is 0 Å². The van der Waals surface area contributed by atoms with Gasteiger partial charge in [-0.05, 0) is 38.2 Å². The monoisotopic (exact) mass is 265 g/mol. The third-order valence-corrected chi connectivity index (χ3v) is 4.88. The summed E-state index contributed by atoms with van der Waals surface area (Å²) in [6, 6.07) is 6.65. The maximum atomic E-state index is 9.44. The van der Waals surface area contributed by atoms with E-state index in [0.717, 1.165) is 11.5 Å². The van der Waals surface area contributed by atoms with Gasteiger partial charge in [-0.2, -0.15) is 11.8 Å². The van der Waals surface area contributed by atoms with Crippen LogP contribution in [0.4, 0.5) is 0 Å². The first-order valence-corrected chi connectivity index (χ1v) is 7.73. The lowest BCUT2D eigenvalue weighted by molar-refractivity contribution is 0.194. The van der Waals surface area contributed by atoms with Gasteiger partial charge in [0, 0.05) is 11.5 Å². The van der Waals surface area contributed by atoms with Crippen LogP contribution in [0.2, 0.25) is 0 Å². The van der Waals surface area contributed by atoms with Crippen molar-refractivity contribution in [2.24, 2.45) is 11.7 Å². The van der Waals surface area contributed by atoms with E-state index in [0.29, 0.717) is 5.92 Å². The number of nitrogens with two attached hydrogens (primary N) is 1. The third kappa shape index (κ3) is 3.50. The average Bonchev–Trinajstić information content (AvgIpc) is 3.11. The fourth-order valence-corrected chi connectivity index (χ4v) is 3.67. The first-order valence-electron chi connectivity index (χ1n) is 6.58. The molecule has 1 aromatic carbocycles. The van der Waals surface area contributed by atoms with Gasteiger partial charge in [0.15, 0.2) is 0 Å². The highest BCUT2D eigenvalue weighted by molar-refractivity contribution is 7.98. The van der Waals surface area contributed by atoms with Crippen molar-refractivity contribution in [2.75, 3.05) is 12.4 Å². The van der Waals surface area contributed by atoms with Crippen molar-refractivity contribution in [1.29, 1.82) is 0 Å². The fourth-order valence-electron chi connectivity index (χ4n) is 2.46. The molecule has 1 saturated carbocycles.